The van der Waals surface area contributed by atoms with E-state index in [9.17, 15) is 18.0 Å². The molecule has 0 aromatic carbocycles. The van der Waals surface area contributed by atoms with Gasteiger partial charge in [-0.2, -0.15) is 4.31 Å². The lowest BCUT2D eigenvalue weighted by atomic mass is 10.2. The molecule has 2 aliphatic rings. The van der Waals surface area contributed by atoms with Crippen molar-refractivity contribution in [1.29, 1.82) is 0 Å². The van der Waals surface area contributed by atoms with Crippen LogP contribution in [0.25, 0.3) is 0 Å². The van der Waals surface area contributed by atoms with E-state index in [2.05, 4.69) is 10.3 Å². The number of urea groups is 1. The smallest absolute Gasteiger partial charge is 0.410 e. The van der Waals surface area contributed by atoms with Gasteiger partial charge in [0.25, 0.3) is 0 Å². The highest BCUT2D eigenvalue weighted by Crippen LogP contribution is 2.22. The fourth-order valence-corrected chi connectivity index (χ4v) is 5.08. The predicted molar refractivity (Wildman–Crippen MR) is 110 cm³/mol. The number of amides is 3. The van der Waals surface area contributed by atoms with Gasteiger partial charge in [0.15, 0.2) is 0 Å². The minimum atomic E-state index is -3.52. The highest BCUT2D eigenvalue weighted by molar-refractivity contribution is 7.89. The molecule has 0 unspecified atom stereocenters. The van der Waals surface area contributed by atoms with Crippen LogP contribution in [0.5, 0.6) is 0 Å². The summed E-state index contributed by atoms with van der Waals surface area (Å²) in [5.74, 6) is 0. The number of nitrogens with zero attached hydrogens (tertiary/aromatic N) is 4. The minimum Gasteiger partial charge on any atom is -0.444 e. The molecule has 3 rings (SSSR count). The van der Waals surface area contributed by atoms with Crippen molar-refractivity contribution in [3.8, 4) is 0 Å². The van der Waals surface area contributed by atoms with Crippen molar-refractivity contribution in [2.75, 3.05) is 39.3 Å². The molecule has 10 nitrogen and oxygen atoms in total. The summed E-state index contributed by atoms with van der Waals surface area (Å²) in [6, 6.07) is 3.35. The summed E-state index contributed by atoms with van der Waals surface area (Å²) in [5.41, 5.74) is 0.284. The Labute approximate surface area is 177 Å². The lowest BCUT2D eigenvalue weighted by molar-refractivity contribution is 0.0191. The van der Waals surface area contributed by atoms with E-state index in [0.717, 1.165) is 5.56 Å². The third-order valence-corrected chi connectivity index (χ3v) is 7.20. The van der Waals surface area contributed by atoms with Crippen molar-refractivity contribution >= 4 is 22.1 Å². The van der Waals surface area contributed by atoms with Crippen molar-refractivity contribution in [2.45, 2.75) is 38.2 Å². The zero-order chi connectivity index (χ0) is 21.9. The highest BCUT2D eigenvalue weighted by Gasteiger charge is 2.44. The number of carbonyl (C=O) groups is 2. The van der Waals surface area contributed by atoms with Crippen LogP contribution < -0.4 is 5.32 Å². The number of nitrogens with one attached hydrogen (secondary N) is 1. The van der Waals surface area contributed by atoms with Gasteiger partial charge in [-0.05, 0) is 32.4 Å². The normalized spacial score (nSPS) is 18.6. The summed E-state index contributed by atoms with van der Waals surface area (Å²) in [7, 11) is -3.52. The molecule has 3 amide bonds. The summed E-state index contributed by atoms with van der Waals surface area (Å²) >= 11 is 0. The number of likely N-dealkylation sites (tertiary alicyclic amines) is 1. The molecule has 1 N–H and O–H groups in total. The first-order valence-electron chi connectivity index (χ1n) is 9.95. The maximum Gasteiger partial charge on any atom is 0.410 e. The number of ether oxygens (including phenoxy) is 1. The van der Waals surface area contributed by atoms with Crippen molar-refractivity contribution < 1.29 is 22.7 Å². The van der Waals surface area contributed by atoms with E-state index in [1.54, 1.807) is 39.2 Å². The van der Waals surface area contributed by atoms with Crippen LogP contribution >= 0.6 is 0 Å². The minimum absolute atomic E-state index is 0.160. The lowest BCUT2D eigenvalue weighted by Crippen LogP contribution is -2.63. The molecule has 2 saturated heterocycles. The standard InChI is InChI=1S/C19H29N5O5S/c1-19(2,3)29-18(26)22-7-9-24(10-8-22)30(27,28)16-13-23(14-16)17(25)21-12-15-5-4-6-20-11-15/h4-6,11,16H,7-10,12-14H2,1-3H3,(H,21,25). The number of hydrogen-bond donors (Lipinski definition) is 1. The largest absolute Gasteiger partial charge is 0.444 e. The van der Waals surface area contributed by atoms with E-state index in [0.29, 0.717) is 6.54 Å². The maximum absolute atomic E-state index is 12.8. The van der Waals surface area contributed by atoms with Crippen LogP contribution in [0.2, 0.25) is 0 Å². The maximum atomic E-state index is 12.8. The average Bonchev–Trinajstić information content (AvgIpc) is 2.64. The van der Waals surface area contributed by atoms with E-state index < -0.39 is 27.0 Å². The first-order chi connectivity index (χ1) is 14.1. The zero-order valence-electron chi connectivity index (χ0n) is 17.6. The average molecular weight is 440 g/mol. The Balaban J connectivity index is 1.44. The summed E-state index contributed by atoms with van der Waals surface area (Å²) in [6.07, 6.45) is 2.89. The van der Waals surface area contributed by atoms with Gasteiger partial charge >= 0.3 is 12.1 Å². The van der Waals surface area contributed by atoms with Gasteiger partial charge in [-0.1, -0.05) is 6.07 Å². The molecular weight excluding hydrogens is 410 g/mol. The van der Waals surface area contributed by atoms with E-state index in [1.807, 2.05) is 6.07 Å². The molecule has 1 aromatic rings. The molecule has 0 saturated carbocycles. The van der Waals surface area contributed by atoms with Crippen LogP contribution in [0.1, 0.15) is 26.3 Å². The quantitative estimate of drug-likeness (QED) is 0.745. The Kier molecular flexibility index (Phi) is 6.51. The fourth-order valence-electron chi connectivity index (χ4n) is 3.25. The Morgan fingerprint density at radius 2 is 1.83 bits per heavy atom. The van der Waals surface area contributed by atoms with Crippen LogP contribution in [0, 0.1) is 0 Å². The fraction of sp³-hybridized carbons (Fsp3) is 0.632. The molecular formula is C19H29N5O5S. The summed E-state index contributed by atoms with van der Waals surface area (Å²) < 4.78 is 32.4. The van der Waals surface area contributed by atoms with Gasteiger partial charge in [0, 0.05) is 58.2 Å². The van der Waals surface area contributed by atoms with Gasteiger partial charge in [0.05, 0.1) is 0 Å². The lowest BCUT2D eigenvalue weighted by Gasteiger charge is -2.42. The number of aromatic nitrogens is 1. The molecule has 2 aliphatic heterocycles. The molecule has 0 radical (unpaired) electrons. The number of hydrogen-bond acceptors (Lipinski definition) is 6. The summed E-state index contributed by atoms with van der Waals surface area (Å²) in [6.45, 7) is 7.07. The Morgan fingerprint density at radius 1 is 1.17 bits per heavy atom. The SMILES string of the molecule is CC(C)(C)OC(=O)N1CCN(S(=O)(=O)C2CN(C(=O)NCc3cccnc3)C2)CC1. The summed E-state index contributed by atoms with van der Waals surface area (Å²) in [4.78, 5) is 31.3. The molecule has 0 atom stereocenters. The van der Waals surface area contributed by atoms with Crippen LogP contribution in [-0.4, -0.2) is 89.8 Å². The van der Waals surface area contributed by atoms with Gasteiger partial charge in [-0.25, -0.2) is 18.0 Å². The number of piperazine rings is 1. The zero-order valence-corrected chi connectivity index (χ0v) is 18.4. The molecule has 11 heteroatoms. The number of rotatable bonds is 4. The van der Waals surface area contributed by atoms with E-state index >= 15 is 0 Å². The predicted octanol–water partition coefficient (Wildman–Crippen LogP) is 0.858. The van der Waals surface area contributed by atoms with Gasteiger partial charge in [0.2, 0.25) is 10.0 Å². The second kappa shape index (κ2) is 8.76. The van der Waals surface area contributed by atoms with Crippen molar-refractivity contribution in [3.63, 3.8) is 0 Å². The monoisotopic (exact) mass is 439 g/mol. The topological polar surface area (TPSA) is 112 Å². The molecule has 166 valence electrons. The molecule has 3 heterocycles. The molecule has 0 bridgehead atoms. The van der Waals surface area contributed by atoms with E-state index in [4.69, 9.17) is 4.74 Å². The van der Waals surface area contributed by atoms with Gasteiger partial charge in [0.1, 0.15) is 10.9 Å². The molecule has 0 spiro atoms. The number of sulfonamides is 1. The highest BCUT2D eigenvalue weighted by atomic mass is 32.2. The van der Waals surface area contributed by atoms with Gasteiger partial charge < -0.3 is 19.9 Å². The van der Waals surface area contributed by atoms with Crippen LogP contribution in [0.3, 0.4) is 0 Å². The van der Waals surface area contributed by atoms with Gasteiger partial charge in [-0.15, -0.1) is 0 Å². The van der Waals surface area contributed by atoms with Crippen LogP contribution in [0.15, 0.2) is 24.5 Å². The first kappa shape index (κ1) is 22.3. The second-order valence-electron chi connectivity index (χ2n) is 8.46. The Morgan fingerprint density at radius 3 is 2.40 bits per heavy atom. The van der Waals surface area contributed by atoms with Gasteiger partial charge in [-0.3, -0.25) is 4.98 Å². The van der Waals surface area contributed by atoms with Crippen molar-refractivity contribution in [2.24, 2.45) is 0 Å². The molecule has 1 aromatic heterocycles. The van der Waals surface area contributed by atoms with Crippen molar-refractivity contribution in [3.05, 3.63) is 30.1 Å². The van der Waals surface area contributed by atoms with Crippen molar-refractivity contribution in [1.82, 2.24) is 24.4 Å². The molecule has 30 heavy (non-hydrogen) atoms. The number of carbonyl (C=O) groups excluding carboxylic acids is 2. The Bertz CT molecular complexity index is 857. The first-order valence-corrected chi connectivity index (χ1v) is 11.4. The second-order valence-corrected chi connectivity index (χ2v) is 10.7. The number of pyridine rings is 1. The third-order valence-electron chi connectivity index (χ3n) is 4.97. The van der Waals surface area contributed by atoms with Crippen LogP contribution in [-0.2, 0) is 21.3 Å². The molecule has 0 aliphatic carbocycles. The van der Waals surface area contributed by atoms with E-state index in [1.165, 1.54) is 14.1 Å². The third kappa shape index (κ3) is 5.39. The van der Waals surface area contributed by atoms with E-state index in [-0.39, 0.29) is 45.3 Å². The Hall–Kier alpha value is -2.40. The van der Waals surface area contributed by atoms with Crippen LogP contribution in [0.4, 0.5) is 9.59 Å². The molecule has 2 fully saturated rings. The summed E-state index contributed by atoms with van der Waals surface area (Å²) in [5, 5.41) is 2.15.